The van der Waals surface area contributed by atoms with Gasteiger partial charge in [-0.2, -0.15) is 13.2 Å². The standard InChI is InChI=1S/C24H31F3N2O5S/c1-4-5-6-17(30)13-33-18-9-7-16(8-10-18)11-15(2)29-12-20(34-21(29)22(31)32-3)19-14-35-23(28-19)24(25,26)27/h7-10,14-15,17,20-21,30H,4-6,11-13H2,1-3H3. The Morgan fingerprint density at radius 1 is 1.34 bits per heavy atom. The van der Waals surface area contributed by atoms with Gasteiger partial charge in [0.25, 0.3) is 0 Å². The van der Waals surface area contributed by atoms with Gasteiger partial charge in [-0.05, 0) is 37.5 Å². The Hall–Kier alpha value is -2.21. The van der Waals surface area contributed by atoms with E-state index in [1.807, 2.05) is 31.2 Å². The highest BCUT2D eigenvalue weighted by molar-refractivity contribution is 7.09. The van der Waals surface area contributed by atoms with Gasteiger partial charge in [0.15, 0.2) is 5.01 Å². The first-order valence-corrected chi connectivity index (χ1v) is 12.4. The van der Waals surface area contributed by atoms with Crippen LogP contribution >= 0.6 is 11.3 Å². The van der Waals surface area contributed by atoms with Gasteiger partial charge in [-0.1, -0.05) is 31.9 Å². The molecule has 1 aliphatic heterocycles. The predicted molar refractivity (Wildman–Crippen MR) is 124 cm³/mol. The molecule has 194 valence electrons. The molecule has 0 radical (unpaired) electrons. The van der Waals surface area contributed by atoms with Gasteiger partial charge in [-0.3, -0.25) is 4.90 Å². The average Bonchev–Trinajstić information content (AvgIpc) is 3.49. The van der Waals surface area contributed by atoms with Gasteiger partial charge in [-0.15, -0.1) is 11.3 Å². The Bertz CT molecular complexity index is 953. The van der Waals surface area contributed by atoms with Crippen molar-refractivity contribution < 1.29 is 37.3 Å². The fourth-order valence-electron chi connectivity index (χ4n) is 3.89. The lowest BCUT2D eigenvalue weighted by molar-refractivity contribution is -0.162. The van der Waals surface area contributed by atoms with Crippen LogP contribution in [0.1, 0.15) is 55.5 Å². The van der Waals surface area contributed by atoms with Crippen molar-refractivity contribution in [2.75, 3.05) is 20.3 Å². The van der Waals surface area contributed by atoms with Crippen molar-refractivity contribution in [3.05, 3.63) is 45.9 Å². The van der Waals surface area contributed by atoms with Gasteiger partial charge in [0.05, 0.1) is 18.9 Å². The Balaban J connectivity index is 1.62. The monoisotopic (exact) mass is 516 g/mol. The minimum absolute atomic E-state index is 0.147. The second-order valence-electron chi connectivity index (χ2n) is 8.58. The molecule has 11 heteroatoms. The van der Waals surface area contributed by atoms with Gasteiger partial charge in [0, 0.05) is 18.0 Å². The lowest BCUT2D eigenvalue weighted by atomic mass is 10.1. The SMILES string of the molecule is CCCCC(O)COc1ccc(CC(C)N2CC(c3csc(C(F)(F)F)n3)OC2C(=O)OC)cc1. The third kappa shape index (κ3) is 7.39. The number of esters is 1. The van der Waals surface area contributed by atoms with Gasteiger partial charge < -0.3 is 19.3 Å². The van der Waals surface area contributed by atoms with Crippen molar-refractivity contribution in [2.24, 2.45) is 0 Å². The van der Waals surface area contributed by atoms with Gasteiger partial charge >= 0.3 is 12.1 Å². The molecule has 35 heavy (non-hydrogen) atoms. The maximum atomic E-state index is 13.0. The molecule has 0 saturated carbocycles. The molecule has 1 aromatic carbocycles. The fraction of sp³-hybridized carbons (Fsp3) is 0.583. The Kier molecular flexibility index (Phi) is 9.51. The van der Waals surface area contributed by atoms with E-state index in [4.69, 9.17) is 14.2 Å². The number of methoxy groups -OCH3 is 1. The minimum atomic E-state index is -4.53. The Morgan fingerprint density at radius 3 is 2.66 bits per heavy atom. The molecule has 1 fully saturated rings. The molecule has 1 saturated heterocycles. The number of ether oxygens (including phenoxy) is 3. The second-order valence-corrected chi connectivity index (χ2v) is 9.43. The number of hydrogen-bond acceptors (Lipinski definition) is 8. The van der Waals surface area contributed by atoms with Gasteiger partial charge in [-0.25, -0.2) is 9.78 Å². The smallest absolute Gasteiger partial charge is 0.443 e. The molecule has 0 spiro atoms. The third-order valence-electron chi connectivity index (χ3n) is 5.82. The number of carbonyl (C=O) groups is 1. The van der Waals surface area contributed by atoms with Crippen molar-refractivity contribution in [3.63, 3.8) is 0 Å². The van der Waals surface area contributed by atoms with E-state index < -0.39 is 35.6 Å². The largest absolute Gasteiger partial charge is 0.491 e. The zero-order valence-corrected chi connectivity index (χ0v) is 20.8. The number of aromatic nitrogens is 1. The number of aliphatic hydroxyl groups is 1. The fourth-order valence-corrected chi connectivity index (χ4v) is 4.62. The first-order chi connectivity index (χ1) is 16.6. The summed E-state index contributed by atoms with van der Waals surface area (Å²) >= 11 is 0.503. The molecule has 2 heterocycles. The average molecular weight is 517 g/mol. The van der Waals surface area contributed by atoms with Gasteiger partial charge in [0.1, 0.15) is 18.5 Å². The van der Waals surface area contributed by atoms with Crippen LogP contribution in [0.25, 0.3) is 0 Å². The molecule has 1 N–H and O–H groups in total. The summed E-state index contributed by atoms with van der Waals surface area (Å²) in [5.41, 5.74) is 1.13. The van der Waals surface area contributed by atoms with E-state index in [9.17, 15) is 23.1 Å². The summed E-state index contributed by atoms with van der Waals surface area (Å²) < 4.78 is 55.2. The summed E-state index contributed by atoms with van der Waals surface area (Å²) in [6, 6.07) is 7.28. The van der Waals surface area contributed by atoms with Crippen LogP contribution in [0.2, 0.25) is 0 Å². The minimum Gasteiger partial charge on any atom is -0.491 e. The highest BCUT2D eigenvalue weighted by atomic mass is 32.1. The Morgan fingerprint density at radius 2 is 2.06 bits per heavy atom. The van der Waals surface area contributed by atoms with E-state index in [1.54, 1.807) is 4.90 Å². The number of halogens is 3. The number of carbonyl (C=O) groups excluding carboxylic acids is 1. The zero-order chi connectivity index (χ0) is 25.6. The van der Waals surface area contributed by atoms with Crippen LogP contribution in [-0.2, 0) is 26.9 Å². The molecule has 0 aliphatic carbocycles. The topological polar surface area (TPSA) is 81.1 Å². The van der Waals surface area contributed by atoms with E-state index in [-0.39, 0.29) is 24.9 Å². The molecule has 4 atom stereocenters. The van der Waals surface area contributed by atoms with E-state index >= 15 is 0 Å². The van der Waals surface area contributed by atoms with Crippen molar-refractivity contribution in [1.29, 1.82) is 0 Å². The van der Waals surface area contributed by atoms with Crippen LogP contribution in [0.3, 0.4) is 0 Å². The lowest BCUT2D eigenvalue weighted by Gasteiger charge is -2.27. The van der Waals surface area contributed by atoms with Crippen molar-refractivity contribution >= 4 is 17.3 Å². The van der Waals surface area contributed by atoms with E-state index in [1.165, 1.54) is 12.5 Å². The number of unbranched alkanes of at least 4 members (excludes halogenated alkanes) is 1. The summed E-state index contributed by atoms with van der Waals surface area (Å²) in [6.45, 7) is 4.42. The summed E-state index contributed by atoms with van der Waals surface area (Å²) in [7, 11) is 1.24. The molecule has 0 bridgehead atoms. The molecule has 1 aliphatic rings. The molecule has 2 aromatic rings. The molecule has 3 rings (SSSR count). The lowest BCUT2D eigenvalue weighted by Crippen LogP contribution is -2.44. The maximum Gasteiger partial charge on any atom is 0.443 e. The van der Waals surface area contributed by atoms with Crippen molar-refractivity contribution in [2.45, 2.75) is 70.2 Å². The van der Waals surface area contributed by atoms with Crippen LogP contribution < -0.4 is 4.74 Å². The number of benzene rings is 1. The summed E-state index contributed by atoms with van der Waals surface area (Å²) in [6.07, 6.45) is -3.62. The predicted octanol–water partition coefficient (Wildman–Crippen LogP) is 4.60. The summed E-state index contributed by atoms with van der Waals surface area (Å²) in [4.78, 5) is 17.8. The summed E-state index contributed by atoms with van der Waals surface area (Å²) in [5.74, 6) is 0.0361. The van der Waals surface area contributed by atoms with Crippen LogP contribution in [0.4, 0.5) is 13.2 Å². The quantitative estimate of drug-likeness (QED) is 0.438. The van der Waals surface area contributed by atoms with Crippen LogP contribution in [0.5, 0.6) is 5.75 Å². The van der Waals surface area contributed by atoms with Crippen molar-refractivity contribution in [3.8, 4) is 5.75 Å². The number of nitrogens with zero attached hydrogens (tertiary/aromatic N) is 2. The van der Waals surface area contributed by atoms with E-state index in [0.29, 0.717) is 29.9 Å². The van der Waals surface area contributed by atoms with Gasteiger partial charge in [0.2, 0.25) is 6.23 Å². The van der Waals surface area contributed by atoms with E-state index in [0.717, 1.165) is 18.4 Å². The molecule has 4 unspecified atom stereocenters. The number of thiazole rings is 1. The molecule has 7 nitrogen and oxygen atoms in total. The molecular formula is C24H31F3N2O5S. The maximum absolute atomic E-state index is 13.0. The Labute approximate surface area is 206 Å². The van der Waals surface area contributed by atoms with Crippen LogP contribution in [0.15, 0.2) is 29.6 Å². The first kappa shape index (κ1) is 27.4. The van der Waals surface area contributed by atoms with Crippen LogP contribution in [0, 0.1) is 0 Å². The van der Waals surface area contributed by atoms with E-state index in [2.05, 4.69) is 11.9 Å². The highest BCUT2D eigenvalue weighted by Gasteiger charge is 2.43. The molecular weight excluding hydrogens is 485 g/mol. The zero-order valence-electron chi connectivity index (χ0n) is 20.0. The highest BCUT2D eigenvalue weighted by Crippen LogP contribution is 2.37. The van der Waals surface area contributed by atoms with Crippen molar-refractivity contribution in [1.82, 2.24) is 9.88 Å². The second kappa shape index (κ2) is 12.2. The molecule has 1 aromatic heterocycles. The first-order valence-electron chi connectivity index (χ1n) is 11.5. The number of hydrogen-bond donors (Lipinski definition) is 1. The molecule has 0 amide bonds. The number of aliphatic hydroxyl groups excluding tert-OH is 1. The third-order valence-corrected chi connectivity index (χ3v) is 6.73. The number of rotatable bonds is 11. The summed E-state index contributed by atoms with van der Waals surface area (Å²) in [5, 5.41) is 10.3. The van der Waals surface area contributed by atoms with Crippen LogP contribution in [-0.4, -0.2) is 59.6 Å². The normalized spacial score (nSPS) is 20.5. The number of alkyl halides is 3.